The highest BCUT2D eigenvalue weighted by atomic mass is 16.5. The lowest BCUT2D eigenvalue weighted by molar-refractivity contribution is -0.141. The molecule has 1 atom stereocenters. The van der Waals surface area contributed by atoms with Crippen LogP contribution in [0.3, 0.4) is 0 Å². The van der Waals surface area contributed by atoms with E-state index in [0.717, 1.165) is 16.3 Å². The van der Waals surface area contributed by atoms with E-state index in [4.69, 9.17) is 9.47 Å². The summed E-state index contributed by atoms with van der Waals surface area (Å²) in [5.41, 5.74) is 1.95. The van der Waals surface area contributed by atoms with E-state index >= 15 is 0 Å². The summed E-state index contributed by atoms with van der Waals surface area (Å²) in [6, 6.07) is 18.4. The molecule has 0 aliphatic carbocycles. The molecule has 0 bridgehead atoms. The van der Waals surface area contributed by atoms with Crippen LogP contribution in [0.5, 0.6) is 5.75 Å². The van der Waals surface area contributed by atoms with Crippen molar-refractivity contribution in [3.8, 4) is 5.75 Å². The molecule has 0 aliphatic rings. The lowest BCUT2D eigenvalue weighted by atomic mass is 9.92. The monoisotopic (exact) mass is 348 g/mol. The first-order valence-electron chi connectivity index (χ1n) is 8.34. The molecule has 0 saturated carbocycles. The van der Waals surface area contributed by atoms with Crippen molar-refractivity contribution in [2.75, 3.05) is 14.2 Å². The molecular formula is C22H20O4. The van der Waals surface area contributed by atoms with Crippen LogP contribution < -0.4 is 4.74 Å². The van der Waals surface area contributed by atoms with E-state index in [-0.39, 0.29) is 11.8 Å². The minimum absolute atomic E-state index is 0.0858. The van der Waals surface area contributed by atoms with E-state index in [1.807, 2.05) is 42.5 Å². The summed E-state index contributed by atoms with van der Waals surface area (Å²) >= 11 is 0. The standard InChI is InChI=1S/C22H20O4/c1-14(22(24)26-3)16-9-10-17-11-18(25-2)13-20(19(17)12-16)21(23)15-7-5-4-6-8-15/h4-14H,1-3H3/t14-/m0/s1. The van der Waals surface area contributed by atoms with E-state index in [2.05, 4.69) is 0 Å². The number of carbonyl (C=O) groups excluding carboxylic acids is 2. The Labute approximate surface area is 152 Å². The van der Waals surface area contributed by atoms with E-state index in [1.165, 1.54) is 7.11 Å². The second kappa shape index (κ2) is 7.40. The summed E-state index contributed by atoms with van der Waals surface area (Å²) in [6.07, 6.45) is 0. The Morgan fingerprint density at radius 3 is 2.31 bits per heavy atom. The highest BCUT2D eigenvalue weighted by molar-refractivity contribution is 6.17. The summed E-state index contributed by atoms with van der Waals surface area (Å²) in [7, 11) is 2.95. The second-order valence-electron chi connectivity index (χ2n) is 6.10. The predicted octanol–water partition coefficient (Wildman–Crippen LogP) is 4.36. The van der Waals surface area contributed by atoms with Crippen LogP contribution in [0.1, 0.15) is 34.3 Å². The number of rotatable bonds is 5. The average molecular weight is 348 g/mol. The SMILES string of the molecule is COC(=O)[C@@H](C)c1ccc2cc(OC)cc(C(=O)c3ccccc3)c2c1. The fourth-order valence-electron chi connectivity index (χ4n) is 2.98. The summed E-state index contributed by atoms with van der Waals surface area (Å²) < 4.78 is 10.2. The summed E-state index contributed by atoms with van der Waals surface area (Å²) in [6.45, 7) is 1.79. The normalized spacial score (nSPS) is 11.8. The van der Waals surface area contributed by atoms with Gasteiger partial charge in [0.25, 0.3) is 0 Å². The third-order valence-electron chi connectivity index (χ3n) is 4.52. The molecule has 0 amide bonds. The maximum Gasteiger partial charge on any atom is 0.312 e. The van der Waals surface area contributed by atoms with Gasteiger partial charge in [-0.1, -0.05) is 42.5 Å². The van der Waals surface area contributed by atoms with E-state index in [1.54, 1.807) is 32.2 Å². The Balaban J connectivity index is 2.19. The van der Waals surface area contributed by atoms with Crippen LogP contribution in [0.15, 0.2) is 60.7 Å². The topological polar surface area (TPSA) is 52.6 Å². The summed E-state index contributed by atoms with van der Waals surface area (Å²) in [4.78, 5) is 24.9. The number of esters is 1. The molecule has 0 aliphatic heterocycles. The Hall–Kier alpha value is -3.14. The van der Waals surface area contributed by atoms with Gasteiger partial charge in [-0.15, -0.1) is 0 Å². The smallest absolute Gasteiger partial charge is 0.312 e. The van der Waals surface area contributed by atoms with Crippen LogP contribution in [0.4, 0.5) is 0 Å². The molecular weight excluding hydrogens is 328 g/mol. The minimum Gasteiger partial charge on any atom is -0.497 e. The van der Waals surface area contributed by atoms with Gasteiger partial charge in [-0.2, -0.15) is 0 Å². The molecule has 3 aromatic rings. The van der Waals surface area contributed by atoms with Crippen LogP contribution in [-0.4, -0.2) is 26.0 Å². The maximum absolute atomic E-state index is 13.1. The first-order valence-corrected chi connectivity index (χ1v) is 8.34. The zero-order chi connectivity index (χ0) is 18.7. The molecule has 0 N–H and O–H groups in total. The Morgan fingerprint density at radius 1 is 0.923 bits per heavy atom. The van der Waals surface area contributed by atoms with E-state index in [0.29, 0.717) is 16.9 Å². The Morgan fingerprint density at radius 2 is 1.65 bits per heavy atom. The molecule has 0 unspecified atom stereocenters. The molecule has 26 heavy (non-hydrogen) atoms. The predicted molar refractivity (Wildman–Crippen MR) is 101 cm³/mol. The van der Waals surface area contributed by atoms with Gasteiger partial charge in [-0.3, -0.25) is 9.59 Å². The summed E-state index contributed by atoms with van der Waals surface area (Å²) in [5, 5.41) is 1.66. The maximum atomic E-state index is 13.1. The fraction of sp³-hybridized carbons (Fsp3) is 0.182. The second-order valence-corrected chi connectivity index (χ2v) is 6.10. The first-order chi connectivity index (χ1) is 12.5. The van der Waals surface area contributed by atoms with Crippen LogP contribution >= 0.6 is 0 Å². The van der Waals surface area contributed by atoms with Gasteiger partial charge in [0.05, 0.1) is 20.1 Å². The van der Waals surface area contributed by atoms with Gasteiger partial charge < -0.3 is 9.47 Å². The summed E-state index contributed by atoms with van der Waals surface area (Å²) in [5.74, 6) is -0.192. The quantitative estimate of drug-likeness (QED) is 0.508. The minimum atomic E-state index is -0.411. The average Bonchev–Trinajstić information content (AvgIpc) is 2.71. The van der Waals surface area contributed by atoms with Crippen LogP contribution in [0, 0.1) is 0 Å². The third-order valence-corrected chi connectivity index (χ3v) is 4.52. The molecule has 0 radical (unpaired) electrons. The van der Waals surface area contributed by atoms with E-state index in [9.17, 15) is 9.59 Å². The molecule has 0 heterocycles. The number of benzene rings is 3. The lowest BCUT2D eigenvalue weighted by Gasteiger charge is -2.14. The Bertz CT molecular complexity index is 961. The van der Waals surface area contributed by atoms with Crippen molar-refractivity contribution in [3.63, 3.8) is 0 Å². The highest BCUT2D eigenvalue weighted by Crippen LogP contribution is 2.30. The van der Waals surface area contributed by atoms with Crippen molar-refractivity contribution in [1.29, 1.82) is 0 Å². The molecule has 0 saturated heterocycles. The van der Waals surface area contributed by atoms with E-state index < -0.39 is 5.92 Å². The molecule has 4 heteroatoms. The number of fused-ring (bicyclic) bond motifs is 1. The molecule has 132 valence electrons. The van der Waals surface area contributed by atoms with Gasteiger partial charge >= 0.3 is 5.97 Å². The number of hydrogen-bond acceptors (Lipinski definition) is 4. The van der Waals surface area contributed by atoms with Crippen molar-refractivity contribution in [2.45, 2.75) is 12.8 Å². The first kappa shape index (κ1) is 17.7. The molecule has 3 rings (SSSR count). The van der Waals surface area contributed by atoms with Gasteiger partial charge in [0.15, 0.2) is 5.78 Å². The molecule has 0 aromatic heterocycles. The zero-order valence-corrected chi connectivity index (χ0v) is 15.0. The number of ketones is 1. The fourth-order valence-corrected chi connectivity index (χ4v) is 2.98. The van der Waals surface area contributed by atoms with Crippen molar-refractivity contribution >= 4 is 22.5 Å². The third kappa shape index (κ3) is 3.31. The Kier molecular flexibility index (Phi) is 5.03. The van der Waals surface area contributed by atoms with Gasteiger partial charge in [0.2, 0.25) is 0 Å². The lowest BCUT2D eigenvalue weighted by Crippen LogP contribution is -2.11. The van der Waals surface area contributed by atoms with Gasteiger partial charge in [-0.05, 0) is 41.5 Å². The van der Waals surface area contributed by atoms with Gasteiger partial charge in [-0.25, -0.2) is 0 Å². The van der Waals surface area contributed by atoms with Crippen LogP contribution in [0.25, 0.3) is 10.8 Å². The van der Waals surface area contributed by atoms with Crippen molar-refractivity contribution in [1.82, 2.24) is 0 Å². The van der Waals surface area contributed by atoms with Crippen LogP contribution in [0.2, 0.25) is 0 Å². The van der Waals surface area contributed by atoms with Crippen molar-refractivity contribution < 1.29 is 19.1 Å². The number of ether oxygens (including phenoxy) is 2. The molecule has 0 fully saturated rings. The molecule has 3 aromatic carbocycles. The molecule has 4 nitrogen and oxygen atoms in total. The van der Waals surface area contributed by atoms with Crippen LogP contribution in [-0.2, 0) is 9.53 Å². The van der Waals surface area contributed by atoms with Gasteiger partial charge in [0.1, 0.15) is 5.75 Å². The number of methoxy groups -OCH3 is 2. The zero-order valence-electron chi connectivity index (χ0n) is 15.0. The number of carbonyl (C=O) groups is 2. The van der Waals surface area contributed by atoms with Crippen molar-refractivity contribution in [3.05, 3.63) is 77.4 Å². The van der Waals surface area contributed by atoms with Crippen molar-refractivity contribution in [2.24, 2.45) is 0 Å². The largest absolute Gasteiger partial charge is 0.497 e. The number of hydrogen-bond donors (Lipinski definition) is 0. The highest BCUT2D eigenvalue weighted by Gasteiger charge is 2.19. The molecule has 0 spiro atoms. The van der Waals surface area contributed by atoms with Gasteiger partial charge in [0, 0.05) is 11.1 Å².